The second-order valence-corrected chi connectivity index (χ2v) is 9.30. The standard InChI is InChI=1S/C21H36N4O3S.HI/c1-6-7-11-17(16-24-20(26)28-21(2,3)4)25-19(22-5)23-14-15-29(27)18-12-9-8-10-13-18;/h8-10,12-13,17H,6-7,11,14-16H2,1-5H3,(H,24,26)(H2,22,23,25);1H. The average molecular weight is 553 g/mol. The van der Waals surface area contributed by atoms with Crippen molar-refractivity contribution in [1.29, 1.82) is 0 Å². The number of guanidine groups is 1. The van der Waals surface area contributed by atoms with Gasteiger partial charge >= 0.3 is 6.09 Å². The lowest BCUT2D eigenvalue weighted by Gasteiger charge is -2.24. The van der Waals surface area contributed by atoms with E-state index in [1.54, 1.807) is 7.05 Å². The van der Waals surface area contributed by atoms with E-state index in [1.165, 1.54) is 0 Å². The van der Waals surface area contributed by atoms with E-state index in [9.17, 15) is 9.00 Å². The summed E-state index contributed by atoms with van der Waals surface area (Å²) in [5.74, 6) is 1.11. The fourth-order valence-corrected chi connectivity index (χ4v) is 3.52. The maximum atomic E-state index is 12.3. The van der Waals surface area contributed by atoms with E-state index in [4.69, 9.17) is 4.74 Å². The summed E-state index contributed by atoms with van der Waals surface area (Å²) >= 11 is 0. The number of carbonyl (C=O) groups excluding carboxylic acids is 1. The Labute approximate surface area is 200 Å². The summed E-state index contributed by atoms with van der Waals surface area (Å²) in [5.41, 5.74) is -0.525. The Balaban J connectivity index is 0.00000841. The van der Waals surface area contributed by atoms with Gasteiger partial charge in [0.2, 0.25) is 0 Å². The molecule has 2 atom stereocenters. The lowest BCUT2D eigenvalue weighted by molar-refractivity contribution is 0.0522. The molecular weight excluding hydrogens is 515 g/mol. The molecule has 0 heterocycles. The van der Waals surface area contributed by atoms with Crippen LogP contribution in [0, 0.1) is 0 Å². The number of rotatable bonds is 10. The third kappa shape index (κ3) is 13.0. The summed E-state index contributed by atoms with van der Waals surface area (Å²) in [4.78, 5) is 17.0. The van der Waals surface area contributed by atoms with Crippen LogP contribution in [0.15, 0.2) is 40.2 Å². The predicted molar refractivity (Wildman–Crippen MR) is 135 cm³/mol. The van der Waals surface area contributed by atoms with Gasteiger partial charge in [-0.25, -0.2) is 4.79 Å². The maximum Gasteiger partial charge on any atom is 0.407 e. The van der Waals surface area contributed by atoms with Crippen LogP contribution in [0.2, 0.25) is 0 Å². The van der Waals surface area contributed by atoms with E-state index in [0.29, 0.717) is 24.8 Å². The van der Waals surface area contributed by atoms with Gasteiger partial charge in [0.05, 0.1) is 10.8 Å². The predicted octanol–water partition coefficient (Wildman–Crippen LogP) is 3.66. The lowest BCUT2D eigenvalue weighted by atomic mass is 10.1. The van der Waals surface area contributed by atoms with Crippen molar-refractivity contribution in [3.63, 3.8) is 0 Å². The molecule has 1 amide bonds. The number of nitrogens with zero attached hydrogens (tertiary/aromatic N) is 1. The van der Waals surface area contributed by atoms with Crippen LogP contribution in [-0.2, 0) is 15.5 Å². The number of alkyl carbamates (subject to hydrolysis) is 1. The Hall–Kier alpha value is -1.36. The van der Waals surface area contributed by atoms with E-state index in [1.807, 2.05) is 51.1 Å². The van der Waals surface area contributed by atoms with E-state index >= 15 is 0 Å². The smallest absolute Gasteiger partial charge is 0.407 e. The van der Waals surface area contributed by atoms with E-state index in [-0.39, 0.29) is 30.0 Å². The second-order valence-electron chi connectivity index (χ2n) is 7.73. The molecule has 0 saturated carbocycles. The van der Waals surface area contributed by atoms with E-state index in [0.717, 1.165) is 24.2 Å². The third-order valence-corrected chi connectivity index (χ3v) is 5.32. The molecule has 0 aromatic heterocycles. The fourth-order valence-electron chi connectivity index (χ4n) is 2.54. The van der Waals surface area contributed by atoms with Crippen LogP contribution < -0.4 is 16.0 Å². The van der Waals surface area contributed by atoms with Gasteiger partial charge < -0.3 is 20.7 Å². The molecule has 3 N–H and O–H groups in total. The van der Waals surface area contributed by atoms with Gasteiger partial charge in [-0.2, -0.15) is 0 Å². The molecule has 1 rings (SSSR count). The summed E-state index contributed by atoms with van der Waals surface area (Å²) in [5, 5.41) is 9.36. The molecule has 9 heteroatoms. The molecule has 2 unspecified atom stereocenters. The minimum Gasteiger partial charge on any atom is -0.444 e. The third-order valence-electron chi connectivity index (χ3n) is 3.95. The molecule has 0 aliphatic rings. The molecule has 0 saturated heterocycles. The van der Waals surface area contributed by atoms with Crippen molar-refractivity contribution in [3.05, 3.63) is 30.3 Å². The molecule has 0 bridgehead atoms. The zero-order valence-corrected chi connectivity index (χ0v) is 21.8. The van der Waals surface area contributed by atoms with Crippen LogP contribution in [0.5, 0.6) is 0 Å². The van der Waals surface area contributed by atoms with Crippen molar-refractivity contribution in [2.24, 2.45) is 4.99 Å². The Morgan fingerprint density at radius 2 is 1.87 bits per heavy atom. The van der Waals surface area contributed by atoms with Gasteiger partial charge in [0.15, 0.2) is 5.96 Å². The molecule has 30 heavy (non-hydrogen) atoms. The number of nitrogens with one attached hydrogen (secondary N) is 3. The topological polar surface area (TPSA) is 91.8 Å². The minimum atomic E-state index is -1.06. The van der Waals surface area contributed by atoms with E-state index in [2.05, 4.69) is 27.9 Å². The summed E-state index contributed by atoms with van der Waals surface area (Å²) in [6, 6.07) is 9.44. The highest BCUT2D eigenvalue weighted by atomic mass is 127. The van der Waals surface area contributed by atoms with Gasteiger partial charge in [-0.05, 0) is 39.3 Å². The molecule has 7 nitrogen and oxygen atoms in total. The Morgan fingerprint density at radius 3 is 2.43 bits per heavy atom. The summed E-state index contributed by atoms with van der Waals surface area (Å²) in [6.45, 7) is 8.61. The van der Waals surface area contributed by atoms with Crippen LogP contribution in [0.4, 0.5) is 4.79 Å². The molecule has 0 aliphatic carbocycles. The van der Waals surface area contributed by atoms with Crippen LogP contribution >= 0.6 is 24.0 Å². The van der Waals surface area contributed by atoms with Crippen molar-refractivity contribution in [3.8, 4) is 0 Å². The molecule has 0 fully saturated rings. The van der Waals surface area contributed by atoms with Gasteiger partial charge in [-0.15, -0.1) is 24.0 Å². The largest absolute Gasteiger partial charge is 0.444 e. The molecular formula is C21H37IN4O3S. The molecule has 1 aromatic rings. The number of ether oxygens (including phenoxy) is 1. The number of aliphatic imine (C=N–C) groups is 1. The second kappa shape index (κ2) is 15.4. The minimum absolute atomic E-state index is 0. The highest BCUT2D eigenvalue weighted by Crippen LogP contribution is 2.07. The van der Waals surface area contributed by atoms with Crippen molar-refractivity contribution >= 4 is 46.8 Å². The molecule has 172 valence electrons. The number of carbonyl (C=O) groups is 1. The van der Waals surface area contributed by atoms with Crippen LogP contribution in [0.3, 0.4) is 0 Å². The first-order chi connectivity index (χ1) is 13.7. The fraction of sp³-hybridized carbons (Fsp3) is 0.619. The number of amides is 1. The molecule has 1 aromatic carbocycles. The number of unbranched alkanes of at least 4 members (excludes halogenated alkanes) is 1. The summed E-state index contributed by atoms with van der Waals surface area (Å²) < 4.78 is 17.6. The Morgan fingerprint density at radius 1 is 1.20 bits per heavy atom. The Kier molecular flexibility index (Phi) is 14.7. The maximum absolute atomic E-state index is 12.3. The quantitative estimate of drug-likeness (QED) is 0.234. The monoisotopic (exact) mass is 552 g/mol. The van der Waals surface area contributed by atoms with Crippen molar-refractivity contribution in [1.82, 2.24) is 16.0 Å². The van der Waals surface area contributed by atoms with Gasteiger partial charge in [-0.3, -0.25) is 9.20 Å². The van der Waals surface area contributed by atoms with Crippen molar-refractivity contribution in [2.45, 2.75) is 63.5 Å². The number of hydrogen-bond donors (Lipinski definition) is 3. The highest BCUT2D eigenvalue weighted by Gasteiger charge is 2.18. The van der Waals surface area contributed by atoms with Gasteiger partial charge in [0, 0.05) is 36.8 Å². The van der Waals surface area contributed by atoms with Crippen molar-refractivity contribution < 1.29 is 13.7 Å². The number of halogens is 1. The summed E-state index contributed by atoms with van der Waals surface area (Å²) in [6.07, 6.45) is 2.56. The normalized spacial score (nSPS) is 13.6. The number of benzene rings is 1. The first kappa shape index (κ1) is 28.6. The number of hydrogen-bond acceptors (Lipinski definition) is 4. The SMILES string of the molecule is CCCCC(CNC(=O)OC(C)(C)C)NC(=NC)NCCS(=O)c1ccccc1.I. The first-order valence-corrected chi connectivity index (χ1v) is 11.4. The zero-order valence-electron chi connectivity index (χ0n) is 18.7. The average Bonchev–Trinajstić information content (AvgIpc) is 2.68. The lowest BCUT2D eigenvalue weighted by Crippen LogP contribution is -2.49. The van der Waals surface area contributed by atoms with E-state index < -0.39 is 22.5 Å². The van der Waals surface area contributed by atoms with Crippen LogP contribution in [0.25, 0.3) is 0 Å². The van der Waals surface area contributed by atoms with Gasteiger partial charge in [-0.1, -0.05) is 38.0 Å². The highest BCUT2D eigenvalue weighted by molar-refractivity contribution is 14.0. The Bertz CT molecular complexity index is 666. The van der Waals surface area contributed by atoms with Crippen molar-refractivity contribution in [2.75, 3.05) is 25.9 Å². The van der Waals surface area contributed by atoms with Gasteiger partial charge in [0.25, 0.3) is 0 Å². The first-order valence-electron chi connectivity index (χ1n) is 10.1. The van der Waals surface area contributed by atoms with Crippen LogP contribution in [-0.4, -0.2) is 53.8 Å². The van der Waals surface area contributed by atoms with Crippen LogP contribution in [0.1, 0.15) is 47.0 Å². The van der Waals surface area contributed by atoms with Gasteiger partial charge in [0.1, 0.15) is 5.60 Å². The molecule has 0 aliphatic heterocycles. The summed E-state index contributed by atoms with van der Waals surface area (Å²) in [7, 11) is 0.639. The molecule has 0 spiro atoms. The molecule has 0 radical (unpaired) electrons. The zero-order chi connectivity index (χ0) is 21.7.